The highest BCUT2D eigenvalue weighted by Gasteiger charge is 2.18. The fourth-order valence-electron chi connectivity index (χ4n) is 11.2. The Morgan fingerprint density at radius 3 is 1.65 bits per heavy atom. The molecular weight excluding hydrogens is 843 g/mol. The predicted molar refractivity (Wildman–Crippen MR) is 291 cm³/mol. The quantitative estimate of drug-likeness (QED) is 0.178. The Hall–Kier alpha value is -8.70. The number of nitrogens with zero attached hydrogens (tertiary/aromatic N) is 2. The molecule has 316 valence electrons. The number of H-pyrrole nitrogens is 1. The molecule has 0 aliphatic rings. The van der Waals surface area contributed by atoms with Crippen LogP contribution in [-0.2, 0) is 0 Å². The molecule has 0 fully saturated rings. The highest BCUT2D eigenvalue weighted by molar-refractivity contribution is 7.25. The molecule has 0 unspecified atom stereocenters. The van der Waals surface area contributed by atoms with Gasteiger partial charge in [-0.15, -0.1) is 11.3 Å². The van der Waals surface area contributed by atoms with E-state index in [4.69, 9.17) is 0 Å². The van der Waals surface area contributed by atoms with Gasteiger partial charge in [-0.25, -0.2) is 0 Å². The lowest BCUT2D eigenvalue weighted by molar-refractivity contribution is 1.18. The first-order chi connectivity index (χ1) is 33.7. The van der Waals surface area contributed by atoms with Crippen molar-refractivity contribution in [2.45, 2.75) is 0 Å². The molecule has 11 aromatic carbocycles. The summed E-state index contributed by atoms with van der Waals surface area (Å²) in [6.07, 6.45) is 0. The van der Waals surface area contributed by atoms with Gasteiger partial charge >= 0.3 is 0 Å². The molecule has 0 saturated heterocycles. The highest BCUT2D eigenvalue weighted by Crippen LogP contribution is 2.42. The topological polar surface area (TPSA) is 25.6 Å². The molecule has 1 N–H and O–H groups in total. The van der Waals surface area contributed by atoms with E-state index in [0.29, 0.717) is 0 Å². The number of rotatable bonds is 5. The number of para-hydroxylation sites is 3. The average Bonchev–Trinajstić information content (AvgIpc) is 4.15. The first-order valence-electron chi connectivity index (χ1n) is 23.3. The largest absolute Gasteiger partial charge is 0.354 e. The molecule has 4 heteroatoms. The van der Waals surface area contributed by atoms with E-state index in [1.807, 2.05) is 11.3 Å². The van der Waals surface area contributed by atoms with Crippen molar-refractivity contribution in [1.29, 1.82) is 0 Å². The number of nitrogens with one attached hydrogen (secondary N) is 1. The van der Waals surface area contributed by atoms with Gasteiger partial charge in [0, 0.05) is 74.9 Å². The van der Waals surface area contributed by atoms with E-state index in [2.05, 4.69) is 245 Å². The smallest absolute Gasteiger partial charge is 0.0547 e. The van der Waals surface area contributed by atoms with Crippen LogP contribution in [0.5, 0.6) is 0 Å². The van der Waals surface area contributed by atoms with Crippen LogP contribution in [-0.4, -0.2) is 14.1 Å². The van der Waals surface area contributed by atoms with Crippen LogP contribution in [0.2, 0.25) is 0 Å². The van der Waals surface area contributed by atoms with Gasteiger partial charge in [-0.05, 0) is 124 Å². The summed E-state index contributed by atoms with van der Waals surface area (Å²) in [7, 11) is 0. The van der Waals surface area contributed by atoms with Crippen molar-refractivity contribution in [2.24, 2.45) is 0 Å². The Kier molecular flexibility index (Phi) is 7.94. The standard InChI is InChI=1S/C64H39N3S/c1-2-12-43-36-61-54(33-42(43)11-1)50-15-5-9-19-59(50)66(61)46-28-25-41(26-29-46)53-34-45(35-56-48-13-3-7-17-57(48)65-64(53)56)40-23-21-39(22-24-40)44-27-31-51-49-14-4-8-18-58(49)67(60(51)37-44)47-30-32-63-55(38-47)52-16-6-10-20-62(52)68-63/h1-38,65H. The highest BCUT2D eigenvalue weighted by atomic mass is 32.1. The maximum absolute atomic E-state index is 3.81. The van der Waals surface area contributed by atoms with Gasteiger partial charge in [0.05, 0.1) is 27.6 Å². The summed E-state index contributed by atoms with van der Waals surface area (Å²) in [6, 6.07) is 85.3. The van der Waals surface area contributed by atoms with Crippen LogP contribution in [0.15, 0.2) is 231 Å². The molecule has 0 atom stereocenters. The fourth-order valence-corrected chi connectivity index (χ4v) is 12.3. The molecule has 0 bridgehead atoms. The summed E-state index contributed by atoms with van der Waals surface area (Å²) < 4.78 is 7.50. The molecule has 0 saturated carbocycles. The summed E-state index contributed by atoms with van der Waals surface area (Å²) in [5, 5.41) is 12.6. The number of aromatic amines is 1. The van der Waals surface area contributed by atoms with Crippen molar-refractivity contribution >= 4 is 108 Å². The summed E-state index contributed by atoms with van der Waals surface area (Å²) in [5.74, 6) is 0. The van der Waals surface area contributed by atoms with E-state index >= 15 is 0 Å². The van der Waals surface area contributed by atoms with E-state index in [9.17, 15) is 0 Å². The van der Waals surface area contributed by atoms with Crippen LogP contribution >= 0.6 is 11.3 Å². The van der Waals surface area contributed by atoms with Gasteiger partial charge in [0.25, 0.3) is 0 Å². The lowest BCUT2D eigenvalue weighted by atomic mass is 9.94. The van der Waals surface area contributed by atoms with Crippen LogP contribution < -0.4 is 0 Å². The molecule has 0 aliphatic heterocycles. The van der Waals surface area contributed by atoms with E-state index in [0.717, 1.165) is 16.7 Å². The summed E-state index contributed by atoms with van der Waals surface area (Å²) in [6.45, 7) is 0. The van der Waals surface area contributed by atoms with Gasteiger partial charge in [0.1, 0.15) is 0 Å². The van der Waals surface area contributed by atoms with Gasteiger partial charge in [0.2, 0.25) is 0 Å². The molecular formula is C64H39N3S. The summed E-state index contributed by atoms with van der Waals surface area (Å²) in [5.41, 5.74) is 16.6. The number of thiophene rings is 1. The Labute approximate surface area is 395 Å². The third kappa shape index (κ3) is 5.59. The van der Waals surface area contributed by atoms with E-state index < -0.39 is 0 Å². The number of hydrogen-bond donors (Lipinski definition) is 1. The summed E-state index contributed by atoms with van der Waals surface area (Å²) in [4.78, 5) is 3.81. The van der Waals surface area contributed by atoms with Gasteiger partial charge in [0.15, 0.2) is 0 Å². The zero-order valence-electron chi connectivity index (χ0n) is 36.7. The second kappa shape index (κ2) is 14.4. The first-order valence-corrected chi connectivity index (χ1v) is 24.1. The third-order valence-electron chi connectivity index (χ3n) is 14.4. The molecule has 3 nitrogen and oxygen atoms in total. The van der Waals surface area contributed by atoms with Gasteiger partial charge < -0.3 is 14.1 Å². The third-order valence-corrected chi connectivity index (χ3v) is 15.6. The molecule has 0 radical (unpaired) electrons. The number of hydrogen-bond acceptors (Lipinski definition) is 1. The minimum atomic E-state index is 1.14. The zero-order chi connectivity index (χ0) is 44.5. The maximum atomic E-state index is 3.81. The lowest BCUT2D eigenvalue weighted by Crippen LogP contribution is -1.94. The van der Waals surface area contributed by atoms with Crippen molar-refractivity contribution in [2.75, 3.05) is 0 Å². The molecule has 4 aromatic heterocycles. The second-order valence-corrected chi connectivity index (χ2v) is 19.3. The predicted octanol–water partition coefficient (Wildman–Crippen LogP) is 18.0. The van der Waals surface area contributed by atoms with Crippen molar-refractivity contribution in [3.8, 4) is 44.8 Å². The Bertz CT molecular complexity index is 4540. The van der Waals surface area contributed by atoms with Crippen molar-refractivity contribution in [1.82, 2.24) is 14.1 Å². The van der Waals surface area contributed by atoms with Gasteiger partial charge in [-0.1, -0.05) is 146 Å². The van der Waals surface area contributed by atoms with E-state index in [-0.39, 0.29) is 0 Å². The van der Waals surface area contributed by atoms with Crippen molar-refractivity contribution in [3.63, 3.8) is 0 Å². The van der Waals surface area contributed by atoms with Gasteiger partial charge in [-0.2, -0.15) is 0 Å². The van der Waals surface area contributed by atoms with E-state index in [1.165, 1.54) is 124 Å². The SMILES string of the molecule is c1ccc2cc3c(cc2c1)c1ccccc1n3-c1ccc(-c2cc(-c3ccc(-c4ccc5c6ccccc6n(-c6ccc7sc8ccccc8c7c6)c5c4)cc3)cc3c2[nH]c2ccccc23)cc1. The maximum Gasteiger partial charge on any atom is 0.0547 e. The van der Waals surface area contributed by atoms with Crippen LogP contribution in [0.1, 0.15) is 0 Å². The lowest BCUT2D eigenvalue weighted by Gasteiger charge is -2.12. The number of fused-ring (bicyclic) bond motifs is 13. The normalized spacial score (nSPS) is 12.1. The fraction of sp³-hybridized carbons (Fsp3) is 0. The van der Waals surface area contributed by atoms with Crippen LogP contribution in [0.4, 0.5) is 0 Å². The minimum absolute atomic E-state index is 1.14. The first kappa shape index (κ1) is 37.5. The molecule has 68 heavy (non-hydrogen) atoms. The minimum Gasteiger partial charge on any atom is -0.354 e. The monoisotopic (exact) mass is 881 g/mol. The molecule has 4 heterocycles. The van der Waals surface area contributed by atoms with Crippen molar-refractivity contribution in [3.05, 3.63) is 231 Å². The Balaban J connectivity index is 0.834. The van der Waals surface area contributed by atoms with Gasteiger partial charge in [-0.3, -0.25) is 0 Å². The van der Waals surface area contributed by atoms with Crippen LogP contribution in [0.3, 0.4) is 0 Å². The molecule has 0 amide bonds. The van der Waals surface area contributed by atoms with Crippen LogP contribution in [0, 0.1) is 0 Å². The number of benzene rings is 11. The average molecular weight is 882 g/mol. The Morgan fingerprint density at radius 1 is 0.294 bits per heavy atom. The number of aromatic nitrogens is 3. The van der Waals surface area contributed by atoms with E-state index in [1.54, 1.807) is 0 Å². The molecule has 15 rings (SSSR count). The molecule has 0 aliphatic carbocycles. The Morgan fingerprint density at radius 2 is 0.853 bits per heavy atom. The second-order valence-electron chi connectivity index (χ2n) is 18.2. The van der Waals surface area contributed by atoms with Crippen LogP contribution in [0.25, 0.3) is 141 Å². The molecule has 0 spiro atoms. The summed E-state index contributed by atoms with van der Waals surface area (Å²) >= 11 is 1.86. The van der Waals surface area contributed by atoms with Crippen molar-refractivity contribution < 1.29 is 0 Å². The zero-order valence-corrected chi connectivity index (χ0v) is 37.6. The molecule has 15 aromatic rings.